The van der Waals surface area contributed by atoms with E-state index in [-0.39, 0.29) is 11.5 Å². The zero-order chi connectivity index (χ0) is 11.7. The van der Waals surface area contributed by atoms with Crippen molar-refractivity contribution >= 4 is 5.82 Å². The smallest absolute Gasteiger partial charge is 0.203 e. The average molecular weight is 227 g/mol. The number of halogens is 1. The zero-order valence-corrected chi connectivity index (χ0v) is 9.24. The van der Waals surface area contributed by atoms with Crippen LogP contribution in [-0.2, 0) is 9.47 Å². The third-order valence-electron chi connectivity index (χ3n) is 2.51. The van der Waals surface area contributed by atoms with Crippen LogP contribution in [0.3, 0.4) is 0 Å². The van der Waals surface area contributed by atoms with Gasteiger partial charge in [-0.25, -0.2) is 14.4 Å². The first-order chi connectivity index (χ1) is 7.67. The summed E-state index contributed by atoms with van der Waals surface area (Å²) in [6, 6.07) is 0. The fourth-order valence-corrected chi connectivity index (χ4v) is 1.50. The van der Waals surface area contributed by atoms with Gasteiger partial charge in [-0.2, -0.15) is 0 Å². The molecule has 0 bridgehead atoms. The van der Waals surface area contributed by atoms with E-state index in [0.717, 1.165) is 12.8 Å². The number of ether oxygens (including phenoxy) is 2. The molecule has 16 heavy (non-hydrogen) atoms. The van der Waals surface area contributed by atoms with Crippen LogP contribution in [0.5, 0.6) is 0 Å². The van der Waals surface area contributed by atoms with E-state index in [4.69, 9.17) is 15.2 Å². The van der Waals surface area contributed by atoms with Gasteiger partial charge in [0, 0.05) is 20.1 Å². The van der Waals surface area contributed by atoms with Crippen LogP contribution in [0.15, 0.2) is 0 Å². The van der Waals surface area contributed by atoms with Crippen LogP contribution in [0, 0.1) is 5.82 Å². The van der Waals surface area contributed by atoms with Gasteiger partial charge in [0.1, 0.15) is 11.5 Å². The van der Waals surface area contributed by atoms with Crippen molar-refractivity contribution in [2.45, 2.75) is 25.0 Å². The molecule has 1 aliphatic carbocycles. The summed E-state index contributed by atoms with van der Waals surface area (Å²) in [4.78, 5) is 8.05. The van der Waals surface area contributed by atoms with Crippen LogP contribution in [0.4, 0.5) is 10.2 Å². The Morgan fingerprint density at radius 2 is 1.94 bits per heavy atom. The van der Waals surface area contributed by atoms with E-state index >= 15 is 0 Å². The standard InChI is InChI=1S/C10H14FN3O2/c1-15-10(16-2)7-6(11)8(12)14-9(13-7)5-3-4-5/h5,10H,3-4H2,1-2H3,(H2,12,13,14). The summed E-state index contributed by atoms with van der Waals surface area (Å²) in [5.41, 5.74) is 5.57. The van der Waals surface area contributed by atoms with E-state index < -0.39 is 12.1 Å². The van der Waals surface area contributed by atoms with Crippen molar-refractivity contribution in [1.29, 1.82) is 0 Å². The lowest BCUT2D eigenvalue weighted by molar-refractivity contribution is -0.110. The van der Waals surface area contributed by atoms with Gasteiger partial charge in [0.25, 0.3) is 0 Å². The minimum Gasteiger partial charge on any atom is -0.381 e. The van der Waals surface area contributed by atoms with E-state index in [1.54, 1.807) is 0 Å². The van der Waals surface area contributed by atoms with Gasteiger partial charge in [-0.05, 0) is 12.8 Å². The maximum atomic E-state index is 13.7. The van der Waals surface area contributed by atoms with Crippen molar-refractivity contribution in [2.24, 2.45) is 0 Å². The second-order valence-electron chi connectivity index (χ2n) is 3.74. The summed E-state index contributed by atoms with van der Waals surface area (Å²) in [6.45, 7) is 0. The van der Waals surface area contributed by atoms with Crippen molar-refractivity contribution < 1.29 is 13.9 Å². The van der Waals surface area contributed by atoms with Crippen LogP contribution >= 0.6 is 0 Å². The van der Waals surface area contributed by atoms with Crippen molar-refractivity contribution in [2.75, 3.05) is 20.0 Å². The quantitative estimate of drug-likeness (QED) is 0.786. The molecule has 1 aliphatic rings. The summed E-state index contributed by atoms with van der Waals surface area (Å²) in [6.07, 6.45) is 1.20. The van der Waals surface area contributed by atoms with Crippen molar-refractivity contribution in [3.8, 4) is 0 Å². The van der Waals surface area contributed by atoms with Gasteiger partial charge in [0.15, 0.2) is 11.6 Å². The first-order valence-corrected chi connectivity index (χ1v) is 5.05. The number of nitrogen functional groups attached to an aromatic ring is 1. The maximum Gasteiger partial charge on any atom is 0.203 e. The Kier molecular flexibility index (Phi) is 3.02. The minimum atomic E-state index is -0.845. The number of anilines is 1. The summed E-state index contributed by atoms with van der Waals surface area (Å²) < 4.78 is 23.6. The third kappa shape index (κ3) is 1.98. The molecule has 0 aliphatic heterocycles. The first-order valence-electron chi connectivity index (χ1n) is 5.05. The lowest BCUT2D eigenvalue weighted by atomic mass is 10.3. The molecule has 1 aromatic rings. The molecule has 0 atom stereocenters. The molecule has 0 saturated heterocycles. The fraction of sp³-hybridized carbons (Fsp3) is 0.600. The van der Waals surface area contributed by atoms with E-state index in [9.17, 15) is 4.39 Å². The number of nitrogens with zero attached hydrogens (tertiary/aromatic N) is 2. The summed E-state index contributed by atoms with van der Waals surface area (Å²) >= 11 is 0. The van der Waals surface area contributed by atoms with Crippen molar-refractivity contribution in [3.63, 3.8) is 0 Å². The third-order valence-corrected chi connectivity index (χ3v) is 2.51. The van der Waals surface area contributed by atoms with Crippen LogP contribution in [0.25, 0.3) is 0 Å². The van der Waals surface area contributed by atoms with Crippen LogP contribution < -0.4 is 5.73 Å². The second kappa shape index (κ2) is 4.31. The van der Waals surface area contributed by atoms with Crippen LogP contribution in [-0.4, -0.2) is 24.2 Å². The van der Waals surface area contributed by atoms with Gasteiger partial charge in [-0.15, -0.1) is 0 Å². The molecule has 2 N–H and O–H groups in total. The molecule has 6 heteroatoms. The Morgan fingerprint density at radius 3 is 2.44 bits per heavy atom. The number of hydrogen-bond acceptors (Lipinski definition) is 5. The zero-order valence-electron chi connectivity index (χ0n) is 9.24. The second-order valence-corrected chi connectivity index (χ2v) is 3.74. The van der Waals surface area contributed by atoms with E-state index in [0.29, 0.717) is 11.7 Å². The lowest BCUT2D eigenvalue weighted by Crippen LogP contribution is -2.14. The molecule has 0 spiro atoms. The number of nitrogens with two attached hydrogens (primary N) is 1. The maximum absolute atomic E-state index is 13.7. The predicted molar refractivity (Wildman–Crippen MR) is 55.1 cm³/mol. The summed E-state index contributed by atoms with van der Waals surface area (Å²) in [7, 11) is 2.84. The minimum absolute atomic E-state index is 0.0689. The molecular weight excluding hydrogens is 213 g/mol. The largest absolute Gasteiger partial charge is 0.381 e. The highest BCUT2D eigenvalue weighted by Gasteiger charge is 2.30. The molecule has 0 radical (unpaired) electrons. The molecule has 88 valence electrons. The number of aromatic nitrogens is 2. The molecule has 5 nitrogen and oxygen atoms in total. The molecule has 2 rings (SSSR count). The van der Waals surface area contributed by atoms with Gasteiger partial charge in [0.2, 0.25) is 6.29 Å². The summed E-state index contributed by atoms with van der Waals surface area (Å²) in [5.74, 6) is 0.0631. The van der Waals surface area contributed by atoms with Crippen molar-refractivity contribution in [3.05, 3.63) is 17.3 Å². The topological polar surface area (TPSA) is 70.3 Å². The number of rotatable bonds is 4. The molecule has 1 heterocycles. The van der Waals surface area contributed by atoms with Gasteiger partial charge < -0.3 is 15.2 Å². The predicted octanol–water partition coefficient (Wildman–Crippen LogP) is 1.37. The Hall–Kier alpha value is -1.27. The van der Waals surface area contributed by atoms with Gasteiger partial charge >= 0.3 is 0 Å². The van der Waals surface area contributed by atoms with E-state index in [2.05, 4.69) is 9.97 Å². The highest BCUT2D eigenvalue weighted by molar-refractivity contribution is 5.34. The Balaban J connectivity index is 2.41. The van der Waals surface area contributed by atoms with E-state index in [1.165, 1.54) is 14.2 Å². The van der Waals surface area contributed by atoms with Gasteiger partial charge in [-0.1, -0.05) is 0 Å². The normalized spacial score (nSPS) is 15.8. The highest BCUT2D eigenvalue weighted by Crippen LogP contribution is 2.39. The SMILES string of the molecule is COC(OC)c1nc(C2CC2)nc(N)c1F. The number of methoxy groups -OCH3 is 2. The highest BCUT2D eigenvalue weighted by atomic mass is 19.1. The molecule has 0 aromatic carbocycles. The molecule has 1 fully saturated rings. The Morgan fingerprint density at radius 1 is 1.31 bits per heavy atom. The molecule has 0 unspecified atom stereocenters. The Labute approximate surface area is 92.8 Å². The summed E-state index contributed by atoms with van der Waals surface area (Å²) in [5, 5.41) is 0. The van der Waals surface area contributed by atoms with Crippen LogP contribution in [0.2, 0.25) is 0 Å². The first kappa shape index (κ1) is 11.2. The fourth-order valence-electron chi connectivity index (χ4n) is 1.50. The lowest BCUT2D eigenvalue weighted by Gasteiger charge is -2.14. The molecule has 0 amide bonds. The number of hydrogen-bond donors (Lipinski definition) is 1. The Bertz CT molecular complexity index is 392. The molecule has 1 aromatic heterocycles. The van der Waals surface area contributed by atoms with Crippen LogP contribution in [0.1, 0.15) is 36.6 Å². The van der Waals surface area contributed by atoms with Gasteiger partial charge in [0.05, 0.1) is 0 Å². The van der Waals surface area contributed by atoms with Gasteiger partial charge in [-0.3, -0.25) is 0 Å². The van der Waals surface area contributed by atoms with E-state index in [1.807, 2.05) is 0 Å². The monoisotopic (exact) mass is 227 g/mol. The van der Waals surface area contributed by atoms with Crippen molar-refractivity contribution in [1.82, 2.24) is 9.97 Å². The molecular formula is C10H14FN3O2. The average Bonchev–Trinajstić information content (AvgIpc) is 3.09. The molecule has 1 saturated carbocycles.